The molecule has 3 aromatic carbocycles. The van der Waals surface area contributed by atoms with E-state index in [1.807, 2.05) is 54.6 Å². The molecule has 4 N–H and O–H groups in total. The summed E-state index contributed by atoms with van der Waals surface area (Å²) in [7, 11) is 0. The van der Waals surface area contributed by atoms with Crippen LogP contribution in [0.1, 0.15) is 0 Å². The van der Waals surface area contributed by atoms with E-state index in [0.29, 0.717) is 34.4 Å². The third kappa shape index (κ3) is 3.87. The lowest BCUT2D eigenvalue weighted by Crippen LogP contribution is -1.94. The first-order valence-corrected chi connectivity index (χ1v) is 8.05. The monoisotopic (exact) mass is 418 g/mol. The summed E-state index contributed by atoms with van der Waals surface area (Å²) >= 11 is 2.21. The van der Waals surface area contributed by atoms with Crippen molar-refractivity contribution < 1.29 is 9.47 Å². The van der Waals surface area contributed by atoms with Crippen molar-refractivity contribution in [1.29, 1.82) is 0 Å². The molecule has 0 radical (unpaired) electrons. The first-order chi connectivity index (χ1) is 11.1. The Kier molecular flexibility index (Phi) is 4.57. The number of ether oxygens (including phenoxy) is 2. The summed E-state index contributed by atoms with van der Waals surface area (Å²) in [4.78, 5) is 0. The van der Waals surface area contributed by atoms with Crippen LogP contribution in [0.15, 0.2) is 66.7 Å². The van der Waals surface area contributed by atoms with Gasteiger partial charge in [0.25, 0.3) is 0 Å². The highest BCUT2D eigenvalue weighted by Crippen LogP contribution is 2.38. The fourth-order valence-electron chi connectivity index (χ4n) is 2.07. The van der Waals surface area contributed by atoms with E-state index in [-0.39, 0.29) is 0 Å². The maximum atomic E-state index is 5.98. The van der Waals surface area contributed by atoms with Crippen molar-refractivity contribution in [3.63, 3.8) is 0 Å². The molecular formula is C18H15IN2O2. The average molecular weight is 418 g/mol. The van der Waals surface area contributed by atoms with Crippen molar-refractivity contribution in [3.8, 4) is 23.0 Å². The molecule has 0 aromatic heterocycles. The van der Waals surface area contributed by atoms with E-state index >= 15 is 0 Å². The molecule has 23 heavy (non-hydrogen) atoms. The molecule has 4 nitrogen and oxygen atoms in total. The number of anilines is 2. The van der Waals surface area contributed by atoms with Crippen LogP contribution in [0.2, 0.25) is 0 Å². The van der Waals surface area contributed by atoms with Crippen LogP contribution >= 0.6 is 22.6 Å². The molecule has 0 amide bonds. The van der Waals surface area contributed by atoms with Gasteiger partial charge >= 0.3 is 0 Å². The largest absolute Gasteiger partial charge is 0.453 e. The molecule has 0 bridgehead atoms. The smallest absolute Gasteiger partial charge is 0.183 e. The van der Waals surface area contributed by atoms with Gasteiger partial charge in [-0.2, -0.15) is 0 Å². The van der Waals surface area contributed by atoms with Crippen LogP contribution in [0, 0.1) is 3.57 Å². The Morgan fingerprint density at radius 2 is 1.26 bits per heavy atom. The van der Waals surface area contributed by atoms with Crippen molar-refractivity contribution in [2.75, 3.05) is 11.5 Å². The molecule has 0 saturated carbocycles. The lowest BCUT2D eigenvalue weighted by Gasteiger charge is -2.14. The first kappa shape index (κ1) is 15.5. The molecule has 0 aliphatic rings. The van der Waals surface area contributed by atoms with Gasteiger partial charge in [0.05, 0.1) is 3.57 Å². The minimum atomic E-state index is 0.616. The molecule has 5 heteroatoms. The zero-order valence-corrected chi connectivity index (χ0v) is 14.4. The summed E-state index contributed by atoms with van der Waals surface area (Å²) in [6.45, 7) is 0. The van der Waals surface area contributed by atoms with Gasteiger partial charge in [0.1, 0.15) is 11.5 Å². The van der Waals surface area contributed by atoms with E-state index in [4.69, 9.17) is 20.9 Å². The fraction of sp³-hybridized carbons (Fsp3) is 0. The number of rotatable bonds is 4. The summed E-state index contributed by atoms with van der Waals surface area (Å²) in [5.41, 5.74) is 12.9. The van der Waals surface area contributed by atoms with Gasteiger partial charge in [-0.3, -0.25) is 0 Å². The van der Waals surface area contributed by atoms with Gasteiger partial charge in [-0.25, -0.2) is 0 Å². The topological polar surface area (TPSA) is 70.5 Å². The molecule has 0 atom stereocenters. The van der Waals surface area contributed by atoms with Crippen molar-refractivity contribution in [3.05, 3.63) is 70.3 Å². The third-order valence-electron chi connectivity index (χ3n) is 3.09. The summed E-state index contributed by atoms with van der Waals surface area (Å²) in [5, 5.41) is 0. The minimum Gasteiger partial charge on any atom is -0.453 e. The number of nitrogens with two attached hydrogens (primary N) is 2. The van der Waals surface area contributed by atoms with E-state index in [2.05, 4.69) is 22.6 Å². The number of hydrogen-bond acceptors (Lipinski definition) is 4. The van der Waals surface area contributed by atoms with Gasteiger partial charge in [-0.05, 0) is 59.0 Å². The van der Waals surface area contributed by atoms with E-state index in [1.54, 1.807) is 12.1 Å². The Bertz CT molecular complexity index is 837. The molecule has 3 aromatic rings. The van der Waals surface area contributed by atoms with E-state index in [9.17, 15) is 0 Å². The predicted octanol–water partition coefficient (Wildman–Crippen LogP) is 5.04. The standard InChI is InChI=1S/C18H15IN2O2/c19-16-8-3-9-17(22-14-6-1-4-12(20)10-14)18(16)23-15-7-2-5-13(21)11-15/h1-11H,20-21H2. The SMILES string of the molecule is Nc1cccc(Oc2cccc(I)c2Oc2cccc(N)c2)c1. The molecule has 0 fully saturated rings. The minimum absolute atomic E-state index is 0.616. The lowest BCUT2D eigenvalue weighted by atomic mass is 10.3. The number of nitrogen functional groups attached to an aromatic ring is 2. The second-order valence-electron chi connectivity index (χ2n) is 4.92. The zero-order valence-electron chi connectivity index (χ0n) is 12.2. The van der Waals surface area contributed by atoms with Crippen molar-refractivity contribution in [2.24, 2.45) is 0 Å². The fourth-order valence-corrected chi connectivity index (χ4v) is 2.65. The van der Waals surface area contributed by atoms with Crippen LogP contribution in [0.3, 0.4) is 0 Å². The summed E-state index contributed by atoms with van der Waals surface area (Å²) in [6, 6.07) is 20.3. The molecule has 116 valence electrons. The average Bonchev–Trinajstić information content (AvgIpc) is 2.51. The highest BCUT2D eigenvalue weighted by atomic mass is 127. The zero-order chi connectivity index (χ0) is 16.2. The van der Waals surface area contributed by atoms with Crippen molar-refractivity contribution >= 4 is 34.0 Å². The second kappa shape index (κ2) is 6.78. The van der Waals surface area contributed by atoms with Gasteiger partial charge in [-0.1, -0.05) is 18.2 Å². The first-order valence-electron chi connectivity index (χ1n) is 6.97. The molecular weight excluding hydrogens is 403 g/mol. The Hall–Kier alpha value is -2.41. The Balaban J connectivity index is 1.93. The van der Waals surface area contributed by atoms with Gasteiger partial charge in [-0.15, -0.1) is 0 Å². The second-order valence-corrected chi connectivity index (χ2v) is 6.08. The van der Waals surface area contributed by atoms with Crippen LogP contribution in [0.25, 0.3) is 0 Å². The van der Waals surface area contributed by atoms with Gasteiger partial charge in [0.2, 0.25) is 0 Å². The number of para-hydroxylation sites is 1. The Morgan fingerprint density at radius 1 is 0.696 bits per heavy atom. The van der Waals surface area contributed by atoms with Crippen molar-refractivity contribution in [2.45, 2.75) is 0 Å². The molecule has 0 saturated heterocycles. The predicted molar refractivity (Wildman–Crippen MR) is 101 cm³/mol. The molecule has 0 aliphatic heterocycles. The van der Waals surface area contributed by atoms with Crippen LogP contribution in [-0.4, -0.2) is 0 Å². The molecule has 0 aliphatic carbocycles. The number of benzene rings is 3. The highest BCUT2D eigenvalue weighted by Gasteiger charge is 2.12. The van der Waals surface area contributed by atoms with Gasteiger partial charge in [0, 0.05) is 23.5 Å². The number of hydrogen-bond donors (Lipinski definition) is 2. The van der Waals surface area contributed by atoms with Crippen LogP contribution in [-0.2, 0) is 0 Å². The summed E-state index contributed by atoms with van der Waals surface area (Å²) < 4.78 is 12.8. The Morgan fingerprint density at radius 3 is 1.87 bits per heavy atom. The summed E-state index contributed by atoms with van der Waals surface area (Å²) in [6.07, 6.45) is 0. The quantitative estimate of drug-likeness (QED) is 0.460. The lowest BCUT2D eigenvalue weighted by molar-refractivity contribution is 0.416. The molecule has 3 rings (SSSR count). The van der Waals surface area contributed by atoms with Crippen LogP contribution < -0.4 is 20.9 Å². The summed E-state index contributed by atoms with van der Waals surface area (Å²) in [5.74, 6) is 2.57. The molecule has 0 spiro atoms. The maximum absolute atomic E-state index is 5.98. The highest BCUT2D eigenvalue weighted by molar-refractivity contribution is 14.1. The molecule has 0 unspecified atom stereocenters. The molecule has 0 heterocycles. The van der Waals surface area contributed by atoms with Crippen LogP contribution in [0.5, 0.6) is 23.0 Å². The maximum Gasteiger partial charge on any atom is 0.183 e. The van der Waals surface area contributed by atoms with E-state index in [0.717, 1.165) is 3.57 Å². The number of halogens is 1. The van der Waals surface area contributed by atoms with Gasteiger partial charge < -0.3 is 20.9 Å². The van der Waals surface area contributed by atoms with Crippen LogP contribution in [0.4, 0.5) is 11.4 Å². The van der Waals surface area contributed by atoms with Crippen molar-refractivity contribution in [1.82, 2.24) is 0 Å². The Labute approximate surface area is 148 Å². The van der Waals surface area contributed by atoms with Gasteiger partial charge in [0.15, 0.2) is 11.5 Å². The van der Waals surface area contributed by atoms with E-state index < -0.39 is 0 Å². The third-order valence-corrected chi connectivity index (χ3v) is 3.94. The normalized spacial score (nSPS) is 10.3. The van der Waals surface area contributed by atoms with E-state index in [1.165, 1.54) is 0 Å².